The molecule has 0 saturated carbocycles. The number of para-hydroxylation sites is 1. The van der Waals surface area contributed by atoms with Gasteiger partial charge in [0.15, 0.2) is 0 Å². The van der Waals surface area contributed by atoms with Crippen molar-refractivity contribution in [2.24, 2.45) is 5.92 Å². The Morgan fingerprint density at radius 3 is 2.75 bits per heavy atom. The number of hydrogen-bond donors (Lipinski definition) is 0. The molecule has 1 saturated heterocycles. The number of aromatic nitrogens is 1. The van der Waals surface area contributed by atoms with Crippen molar-refractivity contribution in [1.82, 2.24) is 9.88 Å². The van der Waals surface area contributed by atoms with Gasteiger partial charge in [0.1, 0.15) is 0 Å². The SMILES string of the molecule is CC1CCN(C(=O)Cc2ccc3ccccc3n2)CC1. The van der Waals surface area contributed by atoms with Crippen molar-refractivity contribution in [1.29, 1.82) is 0 Å². The van der Waals surface area contributed by atoms with Gasteiger partial charge in [-0.25, -0.2) is 0 Å². The number of nitrogens with zero attached hydrogens (tertiary/aromatic N) is 2. The highest BCUT2D eigenvalue weighted by Gasteiger charge is 2.20. The summed E-state index contributed by atoms with van der Waals surface area (Å²) in [5.41, 5.74) is 1.83. The van der Waals surface area contributed by atoms with Gasteiger partial charge in [-0.15, -0.1) is 0 Å². The number of amides is 1. The van der Waals surface area contributed by atoms with Crippen LogP contribution in [0.3, 0.4) is 0 Å². The minimum absolute atomic E-state index is 0.208. The third-order valence-corrected chi connectivity index (χ3v) is 4.12. The number of benzene rings is 1. The molecule has 0 unspecified atom stereocenters. The van der Waals surface area contributed by atoms with Gasteiger partial charge in [-0.3, -0.25) is 9.78 Å². The third-order valence-electron chi connectivity index (χ3n) is 4.12. The van der Waals surface area contributed by atoms with Crippen LogP contribution >= 0.6 is 0 Å². The van der Waals surface area contributed by atoms with Gasteiger partial charge >= 0.3 is 0 Å². The van der Waals surface area contributed by atoms with Gasteiger partial charge in [0.25, 0.3) is 0 Å². The zero-order valence-electron chi connectivity index (χ0n) is 11.9. The molecule has 1 fully saturated rings. The Labute approximate surface area is 119 Å². The van der Waals surface area contributed by atoms with Crippen LogP contribution in [0.25, 0.3) is 10.9 Å². The molecule has 1 aliphatic rings. The van der Waals surface area contributed by atoms with E-state index in [2.05, 4.69) is 11.9 Å². The number of rotatable bonds is 2. The molecule has 104 valence electrons. The molecule has 2 heterocycles. The van der Waals surface area contributed by atoms with Gasteiger partial charge in [0, 0.05) is 18.5 Å². The van der Waals surface area contributed by atoms with Crippen molar-refractivity contribution >= 4 is 16.8 Å². The fourth-order valence-corrected chi connectivity index (χ4v) is 2.73. The average Bonchev–Trinajstić information content (AvgIpc) is 2.48. The number of piperidine rings is 1. The van der Waals surface area contributed by atoms with Gasteiger partial charge in [0.05, 0.1) is 17.6 Å². The lowest BCUT2D eigenvalue weighted by atomic mass is 9.99. The van der Waals surface area contributed by atoms with Crippen LogP contribution in [0.5, 0.6) is 0 Å². The number of carbonyl (C=O) groups is 1. The highest BCUT2D eigenvalue weighted by molar-refractivity contribution is 5.81. The first-order valence-electron chi connectivity index (χ1n) is 7.35. The predicted molar refractivity (Wildman–Crippen MR) is 80.4 cm³/mol. The Balaban J connectivity index is 1.71. The van der Waals surface area contributed by atoms with Crippen LogP contribution in [-0.4, -0.2) is 28.9 Å². The van der Waals surface area contributed by atoms with Crippen LogP contribution in [0.1, 0.15) is 25.5 Å². The van der Waals surface area contributed by atoms with E-state index in [0.717, 1.165) is 48.4 Å². The summed E-state index contributed by atoms with van der Waals surface area (Å²) in [6.07, 6.45) is 2.66. The zero-order valence-corrected chi connectivity index (χ0v) is 11.9. The van der Waals surface area contributed by atoms with Gasteiger partial charge in [0.2, 0.25) is 5.91 Å². The number of pyridine rings is 1. The molecule has 3 rings (SSSR count). The monoisotopic (exact) mass is 268 g/mol. The Morgan fingerprint density at radius 1 is 1.20 bits per heavy atom. The second kappa shape index (κ2) is 5.61. The molecule has 0 N–H and O–H groups in total. The van der Waals surface area contributed by atoms with Crippen molar-refractivity contribution in [2.75, 3.05) is 13.1 Å². The summed E-state index contributed by atoms with van der Waals surface area (Å²) in [5, 5.41) is 1.12. The number of hydrogen-bond acceptors (Lipinski definition) is 2. The molecule has 1 amide bonds. The molecule has 3 heteroatoms. The largest absolute Gasteiger partial charge is 0.342 e. The quantitative estimate of drug-likeness (QED) is 0.838. The number of likely N-dealkylation sites (tertiary alicyclic amines) is 1. The summed E-state index contributed by atoms with van der Waals surface area (Å²) in [6.45, 7) is 4.05. The summed E-state index contributed by atoms with van der Waals surface area (Å²) in [6, 6.07) is 12.0. The van der Waals surface area contributed by atoms with Crippen LogP contribution in [0, 0.1) is 5.92 Å². The highest BCUT2D eigenvalue weighted by Crippen LogP contribution is 2.17. The first-order valence-corrected chi connectivity index (χ1v) is 7.35. The molecule has 1 aromatic carbocycles. The minimum Gasteiger partial charge on any atom is -0.342 e. The maximum atomic E-state index is 12.3. The molecule has 1 aliphatic heterocycles. The first-order chi connectivity index (χ1) is 9.72. The molecule has 0 spiro atoms. The molecule has 0 radical (unpaired) electrons. The van der Waals surface area contributed by atoms with Crippen molar-refractivity contribution in [3.8, 4) is 0 Å². The van der Waals surface area contributed by atoms with E-state index in [4.69, 9.17) is 0 Å². The topological polar surface area (TPSA) is 33.2 Å². The van der Waals surface area contributed by atoms with E-state index in [1.165, 1.54) is 0 Å². The molecule has 2 aromatic rings. The molecule has 3 nitrogen and oxygen atoms in total. The van der Waals surface area contributed by atoms with Crippen molar-refractivity contribution in [3.05, 3.63) is 42.1 Å². The Kier molecular flexibility index (Phi) is 3.68. The lowest BCUT2D eigenvalue weighted by Crippen LogP contribution is -2.38. The summed E-state index contributed by atoms with van der Waals surface area (Å²) in [5.74, 6) is 0.956. The second-order valence-corrected chi connectivity index (χ2v) is 5.74. The molecule has 20 heavy (non-hydrogen) atoms. The van der Waals surface area contributed by atoms with E-state index in [1.54, 1.807) is 0 Å². The van der Waals surface area contributed by atoms with Crippen molar-refractivity contribution < 1.29 is 4.79 Å². The Hall–Kier alpha value is -1.90. The van der Waals surface area contributed by atoms with Crippen molar-refractivity contribution in [2.45, 2.75) is 26.2 Å². The van der Waals surface area contributed by atoms with Crippen molar-refractivity contribution in [3.63, 3.8) is 0 Å². The summed E-state index contributed by atoms with van der Waals surface area (Å²) >= 11 is 0. The van der Waals surface area contributed by atoms with E-state index < -0.39 is 0 Å². The fraction of sp³-hybridized carbons (Fsp3) is 0.412. The van der Waals surface area contributed by atoms with E-state index in [-0.39, 0.29) is 5.91 Å². The fourth-order valence-electron chi connectivity index (χ4n) is 2.73. The third kappa shape index (κ3) is 2.82. The maximum absolute atomic E-state index is 12.3. The summed E-state index contributed by atoms with van der Waals surface area (Å²) in [4.78, 5) is 18.9. The standard InChI is InChI=1S/C17H20N2O/c1-13-8-10-19(11-9-13)17(20)12-15-7-6-14-4-2-3-5-16(14)18-15/h2-7,13H,8-12H2,1H3. The first kappa shape index (κ1) is 13.1. The van der Waals surface area contributed by atoms with Crippen LogP contribution in [0.15, 0.2) is 36.4 Å². The van der Waals surface area contributed by atoms with Crippen LogP contribution in [0.4, 0.5) is 0 Å². The van der Waals surface area contributed by atoms with E-state index in [1.807, 2.05) is 41.3 Å². The lowest BCUT2D eigenvalue weighted by molar-refractivity contribution is -0.131. The number of carbonyl (C=O) groups excluding carboxylic acids is 1. The van der Waals surface area contributed by atoms with Crippen LogP contribution in [0.2, 0.25) is 0 Å². The number of fused-ring (bicyclic) bond motifs is 1. The molecule has 0 atom stereocenters. The Bertz CT molecular complexity index is 615. The predicted octanol–water partition coefficient (Wildman–Crippen LogP) is 3.04. The van der Waals surface area contributed by atoms with E-state index in [0.29, 0.717) is 6.42 Å². The lowest BCUT2D eigenvalue weighted by Gasteiger charge is -2.30. The molecule has 0 aliphatic carbocycles. The van der Waals surface area contributed by atoms with Gasteiger partial charge < -0.3 is 4.90 Å². The van der Waals surface area contributed by atoms with Crippen LogP contribution < -0.4 is 0 Å². The molecule has 1 aromatic heterocycles. The zero-order chi connectivity index (χ0) is 13.9. The van der Waals surface area contributed by atoms with E-state index >= 15 is 0 Å². The van der Waals surface area contributed by atoms with Crippen LogP contribution in [-0.2, 0) is 11.2 Å². The minimum atomic E-state index is 0.208. The maximum Gasteiger partial charge on any atom is 0.228 e. The average molecular weight is 268 g/mol. The molecular weight excluding hydrogens is 248 g/mol. The molecular formula is C17H20N2O. The van der Waals surface area contributed by atoms with Gasteiger partial charge in [-0.2, -0.15) is 0 Å². The van der Waals surface area contributed by atoms with Gasteiger partial charge in [-0.05, 0) is 30.9 Å². The normalized spacial score (nSPS) is 16.6. The highest BCUT2D eigenvalue weighted by atomic mass is 16.2. The Morgan fingerprint density at radius 2 is 1.95 bits per heavy atom. The van der Waals surface area contributed by atoms with Gasteiger partial charge in [-0.1, -0.05) is 31.2 Å². The summed E-state index contributed by atoms with van der Waals surface area (Å²) < 4.78 is 0. The summed E-state index contributed by atoms with van der Waals surface area (Å²) in [7, 11) is 0. The smallest absolute Gasteiger partial charge is 0.228 e. The van der Waals surface area contributed by atoms with E-state index in [9.17, 15) is 4.79 Å². The molecule has 0 bridgehead atoms. The second-order valence-electron chi connectivity index (χ2n) is 5.74.